The van der Waals surface area contributed by atoms with Crippen LogP contribution in [0.3, 0.4) is 0 Å². The van der Waals surface area contributed by atoms with E-state index in [2.05, 4.69) is 24.6 Å². The van der Waals surface area contributed by atoms with Gasteiger partial charge < -0.3 is 11.1 Å². The van der Waals surface area contributed by atoms with E-state index in [0.29, 0.717) is 24.1 Å². The number of carbonyl (C=O) groups is 1. The summed E-state index contributed by atoms with van der Waals surface area (Å²) in [5.74, 6) is -0.961. The molecule has 4 heterocycles. The number of nitriles is 1. The lowest BCUT2D eigenvalue weighted by atomic mass is 9.88. The SMILES string of the molecule is Cc1cc(C#N)cnc1C(=O)Nc1ccc(F)c([C@@]2(C)N=C(N)C(C)(C)[S@@]3(=O)=NCCCC[C@@H]23)n1. The summed E-state index contributed by atoms with van der Waals surface area (Å²) >= 11 is 0. The quantitative estimate of drug-likeness (QED) is 0.664. The molecule has 0 saturated heterocycles. The van der Waals surface area contributed by atoms with Crippen molar-refractivity contribution in [1.82, 2.24) is 9.97 Å². The van der Waals surface area contributed by atoms with Gasteiger partial charge in [0.25, 0.3) is 5.91 Å². The molecule has 0 radical (unpaired) electrons. The Morgan fingerprint density at radius 3 is 2.74 bits per heavy atom. The number of anilines is 1. The van der Waals surface area contributed by atoms with Gasteiger partial charge >= 0.3 is 0 Å². The van der Waals surface area contributed by atoms with Crippen LogP contribution in [0.2, 0.25) is 0 Å². The van der Waals surface area contributed by atoms with Crippen molar-refractivity contribution in [2.24, 2.45) is 15.1 Å². The number of aliphatic imine (C=N–C) groups is 1. The van der Waals surface area contributed by atoms with Gasteiger partial charge in [-0.2, -0.15) is 5.26 Å². The van der Waals surface area contributed by atoms with Crippen molar-refractivity contribution in [3.8, 4) is 6.07 Å². The Hall–Kier alpha value is -3.39. The first-order valence-corrected chi connectivity index (χ1v) is 12.9. The highest BCUT2D eigenvalue weighted by Gasteiger charge is 2.56. The molecule has 1 amide bonds. The summed E-state index contributed by atoms with van der Waals surface area (Å²) in [6, 6.07) is 6.07. The second-order valence-corrected chi connectivity index (χ2v) is 12.5. The maximum absolute atomic E-state index is 15.3. The molecule has 2 aliphatic heterocycles. The van der Waals surface area contributed by atoms with E-state index < -0.39 is 37.0 Å². The first-order valence-electron chi connectivity index (χ1n) is 11.4. The predicted octanol–water partition coefficient (Wildman–Crippen LogP) is 3.43. The molecular weight excluding hydrogens is 469 g/mol. The number of hydrogen-bond acceptors (Lipinski definition) is 8. The van der Waals surface area contributed by atoms with Crippen LogP contribution in [0.1, 0.15) is 67.3 Å². The van der Waals surface area contributed by atoms with E-state index in [0.717, 1.165) is 12.8 Å². The Labute approximate surface area is 204 Å². The van der Waals surface area contributed by atoms with Gasteiger partial charge in [0.1, 0.15) is 45.2 Å². The average molecular weight is 498 g/mol. The Morgan fingerprint density at radius 1 is 1.31 bits per heavy atom. The van der Waals surface area contributed by atoms with Gasteiger partial charge in [-0.1, -0.05) is 6.42 Å². The number of rotatable bonds is 3. The summed E-state index contributed by atoms with van der Waals surface area (Å²) in [4.78, 5) is 26.0. The molecule has 2 aromatic rings. The van der Waals surface area contributed by atoms with Crippen LogP contribution in [0.5, 0.6) is 0 Å². The smallest absolute Gasteiger partial charge is 0.275 e. The summed E-state index contributed by atoms with van der Waals surface area (Å²) in [6.45, 7) is 7.33. The maximum atomic E-state index is 15.3. The summed E-state index contributed by atoms with van der Waals surface area (Å²) in [5.41, 5.74) is 5.90. The van der Waals surface area contributed by atoms with Crippen molar-refractivity contribution >= 4 is 27.3 Å². The van der Waals surface area contributed by atoms with Crippen LogP contribution in [0.4, 0.5) is 10.2 Å². The number of halogens is 1. The highest BCUT2D eigenvalue weighted by atomic mass is 32.2. The molecule has 0 fully saturated rings. The van der Waals surface area contributed by atoms with Gasteiger partial charge in [-0.15, -0.1) is 0 Å². The summed E-state index contributed by atoms with van der Waals surface area (Å²) in [7, 11) is -2.92. The minimum absolute atomic E-state index is 0.0481. The van der Waals surface area contributed by atoms with Gasteiger partial charge in [-0.25, -0.2) is 22.9 Å². The van der Waals surface area contributed by atoms with E-state index >= 15 is 4.39 Å². The van der Waals surface area contributed by atoms with Crippen LogP contribution >= 0.6 is 0 Å². The molecule has 0 spiro atoms. The fourth-order valence-electron chi connectivity index (χ4n) is 4.73. The summed E-state index contributed by atoms with van der Waals surface area (Å²) < 4.78 is 33.2. The number of fused-ring (bicyclic) bond motifs is 1. The minimum atomic E-state index is -2.92. The molecule has 35 heavy (non-hydrogen) atoms. The van der Waals surface area contributed by atoms with Crippen molar-refractivity contribution in [1.29, 1.82) is 5.26 Å². The molecule has 0 unspecified atom stereocenters. The molecule has 2 aromatic heterocycles. The van der Waals surface area contributed by atoms with Gasteiger partial charge in [0.2, 0.25) is 0 Å². The normalized spacial score (nSPS) is 27.4. The fraction of sp³-hybridized carbons (Fsp3) is 0.458. The minimum Gasteiger partial charge on any atom is -0.386 e. The molecule has 0 saturated carbocycles. The lowest BCUT2D eigenvalue weighted by Crippen LogP contribution is -2.59. The zero-order valence-electron chi connectivity index (χ0n) is 20.1. The highest BCUT2D eigenvalue weighted by Crippen LogP contribution is 2.46. The Bertz CT molecular complexity index is 1410. The molecule has 2 aliphatic rings. The second-order valence-electron chi connectivity index (χ2n) is 9.54. The second kappa shape index (κ2) is 8.68. The lowest BCUT2D eigenvalue weighted by Gasteiger charge is -2.45. The van der Waals surface area contributed by atoms with Crippen LogP contribution in [0.25, 0.3) is 0 Å². The molecule has 9 nitrogen and oxygen atoms in total. The van der Waals surface area contributed by atoms with Crippen LogP contribution in [0.15, 0.2) is 33.8 Å². The largest absolute Gasteiger partial charge is 0.386 e. The Kier molecular flexibility index (Phi) is 6.13. The predicted molar refractivity (Wildman–Crippen MR) is 132 cm³/mol. The van der Waals surface area contributed by atoms with E-state index in [1.165, 1.54) is 18.3 Å². The molecule has 3 N–H and O–H groups in total. The van der Waals surface area contributed by atoms with Crippen LogP contribution in [-0.2, 0) is 15.3 Å². The molecule has 184 valence electrons. The third kappa shape index (κ3) is 3.95. The fourth-order valence-corrected chi connectivity index (χ4v) is 7.96. The standard InChI is InChI=1S/C24H28FN7O2S/c1-14-11-15(12-26)13-28-19(14)21(33)31-18-9-8-16(25)20(30-18)24(4)17-7-5-6-10-29-35(17,34)23(2,3)22(27)32-24/h8-9,11,13,17H,5-7,10H2,1-4H3,(H2,27,32)(H,30,31,33)/t17-,24-,35+/m0/s1. The number of nitrogens with one attached hydrogen (secondary N) is 1. The molecule has 11 heteroatoms. The van der Waals surface area contributed by atoms with Crippen molar-refractivity contribution in [3.05, 3.63) is 52.7 Å². The van der Waals surface area contributed by atoms with E-state index in [1.807, 2.05) is 6.07 Å². The van der Waals surface area contributed by atoms with E-state index in [1.54, 1.807) is 33.8 Å². The molecular formula is C24H28FN7O2S. The van der Waals surface area contributed by atoms with E-state index in [-0.39, 0.29) is 23.0 Å². The first kappa shape index (κ1) is 24.7. The zero-order chi connectivity index (χ0) is 25.6. The average Bonchev–Trinajstić information content (AvgIpc) is 3.02. The monoisotopic (exact) mass is 497 g/mol. The number of nitrogens with two attached hydrogens (primary N) is 1. The molecule has 0 bridgehead atoms. The van der Waals surface area contributed by atoms with E-state index in [9.17, 15) is 9.00 Å². The van der Waals surface area contributed by atoms with Crippen molar-refractivity contribution in [2.75, 3.05) is 11.9 Å². The van der Waals surface area contributed by atoms with Crippen molar-refractivity contribution < 1.29 is 13.4 Å². The van der Waals surface area contributed by atoms with Crippen LogP contribution < -0.4 is 11.1 Å². The van der Waals surface area contributed by atoms with Crippen LogP contribution in [-0.4, -0.2) is 42.5 Å². The summed E-state index contributed by atoms with van der Waals surface area (Å²) in [5, 5.41) is 11.1. The number of aromatic nitrogens is 2. The Balaban J connectivity index is 1.78. The molecule has 4 rings (SSSR count). The number of hydrogen-bond donors (Lipinski definition) is 2. The topological polar surface area (TPSA) is 146 Å². The van der Waals surface area contributed by atoms with E-state index in [4.69, 9.17) is 11.0 Å². The molecule has 3 atom stereocenters. The third-order valence-electron chi connectivity index (χ3n) is 6.86. The van der Waals surface area contributed by atoms with Gasteiger partial charge in [-0.05, 0) is 64.3 Å². The molecule has 0 aliphatic carbocycles. The number of pyridine rings is 2. The maximum Gasteiger partial charge on any atom is 0.275 e. The number of nitrogens with zero attached hydrogens (tertiary/aromatic N) is 5. The zero-order valence-corrected chi connectivity index (χ0v) is 20.9. The number of amidine groups is 1. The number of carbonyl (C=O) groups excluding carboxylic acids is 1. The van der Waals surface area contributed by atoms with Crippen LogP contribution in [0, 0.1) is 24.1 Å². The first-order chi connectivity index (χ1) is 16.4. The van der Waals surface area contributed by atoms with Gasteiger partial charge in [0, 0.05) is 12.7 Å². The summed E-state index contributed by atoms with van der Waals surface area (Å²) in [6.07, 6.45) is 3.39. The molecule has 0 aromatic carbocycles. The van der Waals surface area contributed by atoms with Crippen molar-refractivity contribution in [3.63, 3.8) is 0 Å². The van der Waals surface area contributed by atoms with Gasteiger partial charge in [0.05, 0.1) is 20.5 Å². The lowest BCUT2D eigenvalue weighted by molar-refractivity contribution is 0.102. The van der Waals surface area contributed by atoms with Crippen molar-refractivity contribution in [2.45, 2.75) is 62.5 Å². The van der Waals surface area contributed by atoms with Gasteiger partial charge in [0.15, 0.2) is 0 Å². The highest BCUT2D eigenvalue weighted by molar-refractivity contribution is 7.96. The number of amides is 1. The van der Waals surface area contributed by atoms with Gasteiger partial charge in [-0.3, -0.25) is 9.79 Å². The Morgan fingerprint density at radius 2 is 2.06 bits per heavy atom. The third-order valence-corrected chi connectivity index (χ3v) is 10.6. The number of aryl methyl sites for hydroxylation is 1.